The molecule has 0 fully saturated rings. The quantitative estimate of drug-likeness (QED) is 0.778. The fourth-order valence-electron chi connectivity index (χ4n) is 1.38. The molecule has 0 saturated carbocycles. The second-order valence-electron chi connectivity index (χ2n) is 3.83. The molecule has 0 heterocycles. The smallest absolute Gasteiger partial charge is 0.130 e. The molecule has 0 spiro atoms. The fourth-order valence-corrected chi connectivity index (χ4v) is 1.38. The van der Waals surface area contributed by atoms with Crippen molar-refractivity contribution in [2.45, 2.75) is 26.4 Å². The average Bonchev–Trinajstić information content (AvgIpc) is 2.25. The van der Waals surface area contributed by atoms with Crippen LogP contribution in [0.2, 0.25) is 0 Å². The lowest BCUT2D eigenvalue weighted by Crippen LogP contribution is -2.35. The maximum atomic E-state index is 13.3. The van der Waals surface area contributed by atoms with Crippen LogP contribution >= 0.6 is 0 Å². The number of hydrogen-bond donors (Lipinski definition) is 2. The summed E-state index contributed by atoms with van der Waals surface area (Å²) in [5, 5.41) is 6.36. The van der Waals surface area contributed by atoms with Crippen LogP contribution in [0.15, 0.2) is 18.2 Å². The van der Waals surface area contributed by atoms with Gasteiger partial charge in [-0.25, -0.2) is 8.78 Å². The van der Waals surface area contributed by atoms with E-state index in [0.717, 1.165) is 19.2 Å². The van der Waals surface area contributed by atoms with Crippen molar-refractivity contribution in [2.75, 3.05) is 13.1 Å². The second-order valence-corrected chi connectivity index (χ2v) is 3.83. The summed E-state index contributed by atoms with van der Waals surface area (Å²) in [6, 6.07) is 3.91. The van der Waals surface area contributed by atoms with E-state index in [1.54, 1.807) is 0 Å². The van der Waals surface area contributed by atoms with Gasteiger partial charge in [0.25, 0.3) is 0 Å². The molecule has 2 nitrogen and oxygen atoms in total. The van der Waals surface area contributed by atoms with Crippen LogP contribution in [0, 0.1) is 11.6 Å². The number of halogens is 2. The molecule has 0 aliphatic carbocycles. The Balaban J connectivity index is 2.42. The van der Waals surface area contributed by atoms with Crippen molar-refractivity contribution in [3.05, 3.63) is 35.4 Å². The van der Waals surface area contributed by atoms with Crippen molar-refractivity contribution in [1.82, 2.24) is 10.6 Å². The highest BCUT2D eigenvalue weighted by molar-refractivity contribution is 5.18. The molecule has 0 saturated heterocycles. The zero-order chi connectivity index (χ0) is 12.0. The molecule has 4 heteroatoms. The molecular formula is C12H18F2N2. The highest BCUT2D eigenvalue weighted by atomic mass is 19.1. The van der Waals surface area contributed by atoms with E-state index in [9.17, 15) is 8.78 Å². The molecule has 0 aliphatic rings. The molecule has 1 rings (SSSR count). The predicted molar refractivity (Wildman–Crippen MR) is 61.2 cm³/mol. The molecule has 0 bridgehead atoms. The Labute approximate surface area is 95.1 Å². The fraction of sp³-hybridized carbons (Fsp3) is 0.500. The molecule has 0 aliphatic heterocycles. The van der Waals surface area contributed by atoms with Gasteiger partial charge in [0.2, 0.25) is 0 Å². The molecular weight excluding hydrogens is 210 g/mol. The van der Waals surface area contributed by atoms with Gasteiger partial charge < -0.3 is 10.6 Å². The Kier molecular flexibility index (Phi) is 5.35. The first-order chi connectivity index (χ1) is 7.63. The molecule has 90 valence electrons. The maximum absolute atomic E-state index is 13.3. The molecule has 1 atom stereocenters. The van der Waals surface area contributed by atoms with Gasteiger partial charge >= 0.3 is 0 Å². The standard InChI is InChI=1S/C12H18F2N2/c1-3-15-7-9(2)16-8-10-4-5-11(13)6-12(10)14/h4-6,9,15-16H,3,7-8H2,1-2H3. The largest absolute Gasteiger partial charge is 0.315 e. The van der Waals surface area contributed by atoms with Crippen molar-refractivity contribution in [3.8, 4) is 0 Å². The summed E-state index contributed by atoms with van der Waals surface area (Å²) in [4.78, 5) is 0. The SMILES string of the molecule is CCNCC(C)NCc1ccc(F)cc1F. The molecule has 1 aromatic carbocycles. The molecule has 0 radical (unpaired) electrons. The van der Waals surface area contributed by atoms with E-state index in [-0.39, 0.29) is 6.04 Å². The third-order valence-electron chi connectivity index (χ3n) is 2.36. The predicted octanol–water partition coefficient (Wildman–Crippen LogP) is 2.05. The third-order valence-corrected chi connectivity index (χ3v) is 2.36. The van der Waals surface area contributed by atoms with E-state index < -0.39 is 11.6 Å². The minimum Gasteiger partial charge on any atom is -0.315 e. The molecule has 16 heavy (non-hydrogen) atoms. The normalized spacial score (nSPS) is 12.8. The lowest BCUT2D eigenvalue weighted by molar-refractivity contribution is 0.495. The molecule has 1 unspecified atom stereocenters. The summed E-state index contributed by atoms with van der Waals surface area (Å²) in [7, 11) is 0. The first kappa shape index (κ1) is 13.1. The Morgan fingerprint density at radius 3 is 2.69 bits per heavy atom. The Morgan fingerprint density at radius 2 is 2.06 bits per heavy atom. The lowest BCUT2D eigenvalue weighted by atomic mass is 10.2. The van der Waals surface area contributed by atoms with E-state index in [4.69, 9.17) is 0 Å². The van der Waals surface area contributed by atoms with Gasteiger partial charge in [0.15, 0.2) is 0 Å². The van der Waals surface area contributed by atoms with Crippen molar-refractivity contribution < 1.29 is 8.78 Å². The van der Waals surface area contributed by atoms with Gasteiger partial charge in [-0.3, -0.25) is 0 Å². The summed E-state index contributed by atoms with van der Waals surface area (Å²) >= 11 is 0. The van der Waals surface area contributed by atoms with Crippen LogP contribution in [-0.4, -0.2) is 19.1 Å². The summed E-state index contributed by atoms with van der Waals surface area (Å²) in [5.41, 5.74) is 0.491. The monoisotopic (exact) mass is 228 g/mol. The summed E-state index contributed by atoms with van der Waals surface area (Å²) in [5.74, 6) is -1.04. The lowest BCUT2D eigenvalue weighted by Gasteiger charge is -2.14. The van der Waals surface area contributed by atoms with Crippen molar-refractivity contribution in [2.24, 2.45) is 0 Å². The number of hydrogen-bond acceptors (Lipinski definition) is 2. The van der Waals surface area contributed by atoms with Crippen molar-refractivity contribution in [1.29, 1.82) is 0 Å². The van der Waals surface area contributed by atoms with Crippen molar-refractivity contribution >= 4 is 0 Å². The zero-order valence-corrected chi connectivity index (χ0v) is 9.69. The Morgan fingerprint density at radius 1 is 1.31 bits per heavy atom. The van der Waals surface area contributed by atoms with Gasteiger partial charge in [0, 0.05) is 30.8 Å². The van der Waals surface area contributed by atoms with Gasteiger partial charge in [-0.15, -0.1) is 0 Å². The summed E-state index contributed by atoms with van der Waals surface area (Å²) < 4.78 is 25.9. The molecule has 2 N–H and O–H groups in total. The van der Waals surface area contributed by atoms with Crippen LogP contribution in [0.3, 0.4) is 0 Å². The molecule has 0 amide bonds. The number of rotatable bonds is 6. The summed E-state index contributed by atoms with van der Waals surface area (Å²) in [6.07, 6.45) is 0. The second kappa shape index (κ2) is 6.55. The number of likely N-dealkylation sites (N-methyl/N-ethyl adjacent to an activating group) is 1. The van der Waals surface area contributed by atoms with E-state index in [1.807, 2.05) is 13.8 Å². The number of benzene rings is 1. The molecule has 0 aromatic heterocycles. The van der Waals surface area contributed by atoms with Crippen LogP contribution in [0.1, 0.15) is 19.4 Å². The maximum Gasteiger partial charge on any atom is 0.130 e. The van der Waals surface area contributed by atoms with E-state index >= 15 is 0 Å². The average molecular weight is 228 g/mol. The Bertz CT molecular complexity index is 329. The van der Waals surface area contributed by atoms with Crippen LogP contribution in [0.4, 0.5) is 8.78 Å². The van der Waals surface area contributed by atoms with E-state index in [0.29, 0.717) is 12.1 Å². The zero-order valence-electron chi connectivity index (χ0n) is 9.69. The van der Waals surface area contributed by atoms with Crippen LogP contribution in [-0.2, 0) is 6.54 Å². The van der Waals surface area contributed by atoms with Gasteiger partial charge in [-0.1, -0.05) is 13.0 Å². The molecule has 1 aromatic rings. The number of nitrogens with one attached hydrogen (secondary N) is 2. The van der Waals surface area contributed by atoms with Crippen LogP contribution in [0.25, 0.3) is 0 Å². The minimum atomic E-state index is -0.540. The third kappa shape index (κ3) is 4.24. The topological polar surface area (TPSA) is 24.1 Å². The van der Waals surface area contributed by atoms with Crippen LogP contribution in [0.5, 0.6) is 0 Å². The Hall–Kier alpha value is -1.00. The first-order valence-corrected chi connectivity index (χ1v) is 5.51. The highest BCUT2D eigenvalue weighted by Gasteiger charge is 2.05. The van der Waals surface area contributed by atoms with Gasteiger partial charge in [0.1, 0.15) is 11.6 Å². The van der Waals surface area contributed by atoms with Gasteiger partial charge in [-0.2, -0.15) is 0 Å². The highest BCUT2D eigenvalue weighted by Crippen LogP contribution is 2.09. The van der Waals surface area contributed by atoms with Gasteiger partial charge in [0.05, 0.1) is 0 Å². The van der Waals surface area contributed by atoms with E-state index in [1.165, 1.54) is 12.1 Å². The van der Waals surface area contributed by atoms with Crippen LogP contribution < -0.4 is 10.6 Å². The van der Waals surface area contributed by atoms with Crippen molar-refractivity contribution in [3.63, 3.8) is 0 Å². The van der Waals surface area contributed by atoms with E-state index in [2.05, 4.69) is 10.6 Å². The minimum absolute atomic E-state index is 0.254. The first-order valence-electron chi connectivity index (χ1n) is 5.51. The summed E-state index contributed by atoms with van der Waals surface area (Å²) in [6.45, 7) is 6.21. The van der Waals surface area contributed by atoms with Gasteiger partial charge in [-0.05, 0) is 19.5 Å².